The second-order valence-electron chi connectivity index (χ2n) is 5.73. The molecule has 0 aliphatic heterocycles. The third kappa shape index (κ3) is 5.05. The number of aryl methyl sites for hydroxylation is 1. The maximum atomic E-state index is 12.3. The molecule has 0 spiro atoms. The van der Waals surface area contributed by atoms with E-state index < -0.39 is 0 Å². The minimum absolute atomic E-state index is 0.231. The highest BCUT2D eigenvalue weighted by molar-refractivity contribution is 9.10. The van der Waals surface area contributed by atoms with E-state index in [9.17, 15) is 4.79 Å². The van der Waals surface area contributed by atoms with Crippen molar-refractivity contribution in [2.45, 2.75) is 13.8 Å². The van der Waals surface area contributed by atoms with Crippen LogP contribution in [-0.2, 0) is 4.79 Å². The van der Waals surface area contributed by atoms with E-state index in [-0.39, 0.29) is 5.91 Å². The second kappa shape index (κ2) is 8.97. The molecular formula is C21H19BrN2O2S. The van der Waals surface area contributed by atoms with Crippen LogP contribution in [0.1, 0.15) is 17.4 Å². The van der Waals surface area contributed by atoms with E-state index in [1.165, 1.54) is 17.4 Å². The van der Waals surface area contributed by atoms with E-state index in [1.807, 2.05) is 62.4 Å². The van der Waals surface area contributed by atoms with Crippen molar-refractivity contribution in [3.05, 3.63) is 69.5 Å². The minimum Gasteiger partial charge on any atom is -0.493 e. The lowest BCUT2D eigenvalue weighted by molar-refractivity contribution is -0.111. The van der Waals surface area contributed by atoms with Crippen LogP contribution in [-0.4, -0.2) is 17.5 Å². The summed E-state index contributed by atoms with van der Waals surface area (Å²) in [6, 6.07) is 15.6. The fourth-order valence-corrected chi connectivity index (χ4v) is 3.78. The van der Waals surface area contributed by atoms with Gasteiger partial charge in [0.2, 0.25) is 5.91 Å². The molecule has 1 aromatic heterocycles. The number of nitrogens with zero attached hydrogens (tertiary/aromatic N) is 1. The number of benzene rings is 2. The number of nitrogens with one attached hydrogen (secondary N) is 1. The summed E-state index contributed by atoms with van der Waals surface area (Å²) < 4.78 is 6.52. The number of carbonyl (C=O) groups is 1. The first-order valence-corrected chi connectivity index (χ1v) is 10.1. The van der Waals surface area contributed by atoms with Crippen molar-refractivity contribution in [3.63, 3.8) is 0 Å². The molecule has 0 aliphatic rings. The number of hydrogen-bond donors (Lipinski definition) is 1. The molecule has 0 fully saturated rings. The molecule has 6 heteroatoms. The number of aromatic nitrogens is 1. The quantitative estimate of drug-likeness (QED) is 0.481. The number of carbonyl (C=O) groups excluding carboxylic acids is 1. The maximum absolute atomic E-state index is 12.3. The predicted molar refractivity (Wildman–Crippen MR) is 115 cm³/mol. The Hall–Kier alpha value is -2.44. The standard InChI is InChI=1S/C21H19BrN2O2S/c1-3-26-18-11-10-17(22)13-16(18)9-12-19(25)23-21-24-20(14(2)27-21)15-7-5-4-6-8-15/h4-13H,3H2,1-2H3,(H,23,24,25). The fourth-order valence-electron chi connectivity index (χ4n) is 2.56. The Morgan fingerprint density at radius 2 is 2.04 bits per heavy atom. The molecule has 3 rings (SSSR count). The van der Waals surface area contributed by atoms with Gasteiger partial charge >= 0.3 is 0 Å². The number of rotatable bonds is 6. The number of halogens is 1. The van der Waals surface area contributed by atoms with Gasteiger partial charge in [-0.15, -0.1) is 11.3 Å². The van der Waals surface area contributed by atoms with Crippen molar-refractivity contribution >= 4 is 44.4 Å². The Bertz CT molecular complexity index is 968. The average molecular weight is 443 g/mol. The van der Waals surface area contributed by atoms with E-state index >= 15 is 0 Å². The van der Waals surface area contributed by atoms with Crippen LogP contribution in [0.3, 0.4) is 0 Å². The van der Waals surface area contributed by atoms with Gasteiger partial charge in [0.1, 0.15) is 5.75 Å². The molecule has 138 valence electrons. The number of thiazole rings is 1. The summed E-state index contributed by atoms with van der Waals surface area (Å²) in [6.07, 6.45) is 3.23. The minimum atomic E-state index is -0.231. The lowest BCUT2D eigenvalue weighted by atomic mass is 10.1. The van der Waals surface area contributed by atoms with Gasteiger partial charge in [-0.3, -0.25) is 10.1 Å². The van der Waals surface area contributed by atoms with Gasteiger partial charge in [0, 0.05) is 26.6 Å². The Morgan fingerprint density at radius 1 is 1.26 bits per heavy atom. The molecule has 27 heavy (non-hydrogen) atoms. The molecule has 0 radical (unpaired) electrons. The van der Waals surface area contributed by atoms with Crippen molar-refractivity contribution < 1.29 is 9.53 Å². The predicted octanol–water partition coefficient (Wildman–Crippen LogP) is 5.93. The smallest absolute Gasteiger partial charge is 0.250 e. The third-order valence-electron chi connectivity index (χ3n) is 3.76. The molecule has 1 amide bonds. The van der Waals surface area contributed by atoms with Gasteiger partial charge < -0.3 is 4.74 Å². The van der Waals surface area contributed by atoms with Crippen molar-refractivity contribution in [1.82, 2.24) is 4.98 Å². The second-order valence-corrected chi connectivity index (χ2v) is 7.85. The lowest BCUT2D eigenvalue weighted by Gasteiger charge is -2.07. The first-order chi connectivity index (χ1) is 13.1. The van der Waals surface area contributed by atoms with Crippen LogP contribution in [0.4, 0.5) is 5.13 Å². The van der Waals surface area contributed by atoms with Gasteiger partial charge in [-0.05, 0) is 38.1 Å². The molecule has 4 nitrogen and oxygen atoms in total. The molecule has 1 heterocycles. The molecule has 1 N–H and O–H groups in total. The largest absolute Gasteiger partial charge is 0.493 e. The normalized spacial score (nSPS) is 10.9. The zero-order valence-electron chi connectivity index (χ0n) is 15.0. The highest BCUT2D eigenvalue weighted by Gasteiger charge is 2.11. The molecule has 0 unspecified atom stereocenters. The van der Waals surface area contributed by atoms with Gasteiger partial charge in [-0.25, -0.2) is 4.98 Å². The van der Waals surface area contributed by atoms with Crippen LogP contribution in [0.15, 0.2) is 59.1 Å². The van der Waals surface area contributed by atoms with E-state index in [4.69, 9.17) is 4.74 Å². The summed E-state index contributed by atoms with van der Waals surface area (Å²) in [5, 5.41) is 3.42. The Morgan fingerprint density at radius 3 is 2.78 bits per heavy atom. The number of anilines is 1. The van der Waals surface area contributed by atoms with Crippen LogP contribution < -0.4 is 10.1 Å². The molecule has 2 aromatic carbocycles. The summed E-state index contributed by atoms with van der Waals surface area (Å²) >= 11 is 4.91. The van der Waals surface area contributed by atoms with E-state index in [0.29, 0.717) is 11.7 Å². The first-order valence-electron chi connectivity index (χ1n) is 8.51. The van der Waals surface area contributed by atoms with Gasteiger partial charge in [0.25, 0.3) is 0 Å². The van der Waals surface area contributed by atoms with E-state index in [0.717, 1.165) is 31.9 Å². The highest BCUT2D eigenvalue weighted by atomic mass is 79.9. The van der Waals surface area contributed by atoms with Crippen LogP contribution in [0.2, 0.25) is 0 Å². The summed E-state index contributed by atoms with van der Waals surface area (Å²) in [6.45, 7) is 4.49. The van der Waals surface area contributed by atoms with Crippen LogP contribution in [0.25, 0.3) is 17.3 Å². The van der Waals surface area contributed by atoms with Crippen molar-refractivity contribution in [1.29, 1.82) is 0 Å². The van der Waals surface area contributed by atoms with Crippen molar-refractivity contribution in [2.75, 3.05) is 11.9 Å². The number of ether oxygens (including phenoxy) is 1. The Balaban J connectivity index is 1.73. The van der Waals surface area contributed by atoms with E-state index in [1.54, 1.807) is 6.08 Å². The highest BCUT2D eigenvalue weighted by Crippen LogP contribution is 2.30. The molecule has 0 saturated heterocycles. The summed E-state index contributed by atoms with van der Waals surface area (Å²) in [5.41, 5.74) is 2.77. The third-order valence-corrected chi connectivity index (χ3v) is 5.14. The van der Waals surface area contributed by atoms with Gasteiger partial charge in [-0.2, -0.15) is 0 Å². The van der Waals surface area contributed by atoms with Crippen LogP contribution in [0, 0.1) is 6.92 Å². The van der Waals surface area contributed by atoms with Gasteiger partial charge in [-0.1, -0.05) is 46.3 Å². The fraction of sp³-hybridized carbons (Fsp3) is 0.143. The molecule has 0 atom stereocenters. The topological polar surface area (TPSA) is 51.2 Å². The molecule has 0 aliphatic carbocycles. The zero-order valence-corrected chi connectivity index (χ0v) is 17.4. The summed E-state index contributed by atoms with van der Waals surface area (Å²) in [5.74, 6) is 0.506. The SMILES string of the molecule is CCOc1ccc(Br)cc1C=CC(=O)Nc1nc(-c2ccccc2)c(C)s1. The Kier molecular flexibility index (Phi) is 6.42. The summed E-state index contributed by atoms with van der Waals surface area (Å²) in [7, 11) is 0. The Labute approximate surface area is 171 Å². The maximum Gasteiger partial charge on any atom is 0.250 e. The van der Waals surface area contributed by atoms with E-state index in [2.05, 4.69) is 26.2 Å². The van der Waals surface area contributed by atoms with Gasteiger partial charge in [0.15, 0.2) is 5.13 Å². The zero-order chi connectivity index (χ0) is 19.2. The lowest BCUT2D eigenvalue weighted by Crippen LogP contribution is -2.07. The first kappa shape index (κ1) is 19.3. The van der Waals surface area contributed by atoms with Gasteiger partial charge in [0.05, 0.1) is 12.3 Å². The number of hydrogen-bond acceptors (Lipinski definition) is 4. The number of amides is 1. The van der Waals surface area contributed by atoms with Crippen LogP contribution in [0.5, 0.6) is 5.75 Å². The van der Waals surface area contributed by atoms with Crippen LogP contribution >= 0.6 is 27.3 Å². The molecule has 0 saturated carbocycles. The molecule has 3 aromatic rings. The molecule has 0 bridgehead atoms. The van der Waals surface area contributed by atoms with Crippen molar-refractivity contribution in [3.8, 4) is 17.0 Å². The monoisotopic (exact) mass is 442 g/mol. The summed E-state index contributed by atoms with van der Waals surface area (Å²) in [4.78, 5) is 17.9. The molecular weight excluding hydrogens is 424 g/mol. The average Bonchev–Trinajstić information content (AvgIpc) is 3.03. The van der Waals surface area contributed by atoms with Crippen molar-refractivity contribution in [2.24, 2.45) is 0 Å².